The van der Waals surface area contributed by atoms with E-state index in [9.17, 15) is 4.79 Å². The van der Waals surface area contributed by atoms with Gasteiger partial charge in [-0.25, -0.2) is 9.78 Å². The van der Waals surface area contributed by atoms with Gasteiger partial charge in [0.05, 0.1) is 11.1 Å². The second-order valence-corrected chi connectivity index (χ2v) is 4.06. The molecule has 0 saturated heterocycles. The van der Waals surface area contributed by atoms with E-state index in [0.717, 1.165) is 5.39 Å². The number of hydrogen-bond donors (Lipinski definition) is 0. The Balaban J connectivity index is 2.40. The van der Waals surface area contributed by atoms with E-state index in [0.29, 0.717) is 11.1 Å². The molecule has 0 aliphatic rings. The predicted molar refractivity (Wildman–Crippen MR) is 71.8 cm³/mol. The Labute approximate surface area is 110 Å². The third kappa shape index (κ3) is 2.68. The van der Waals surface area contributed by atoms with Gasteiger partial charge in [-0.3, -0.25) is 0 Å². The molecule has 3 nitrogen and oxygen atoms in total. The molecule has 0 spiro atoms. The molecule has 2 rings (SSSR count). The first kappa shape index (κ1) is 12.6. The summed E-state index contributed by atoms with van der Waals surface area (Å²) in [4.78, 5) is 16.1. The summed E-state index contributed by atoms with van der Waals surface area (Å²) in [7, 11) is 0. The van der Waals surface area contributed by atoms with Crippen molar-refractivity contribution in [2.45, 2.75) is 6.92 Å². The molecule has 1 aromatic carbocycles. The van der Waals surface area contributed by atoms with E-state index in [1.165, 1.54) is 6.07 Å². The van der Waals surface area contributed by atoms with Gasteiger partial charge in [0.1, 0.15) is 11.8 Å². The van der Waals surface area contributed by atoms with Gasteiger partial charge in [0.25, 0.3) is 0 Å². The first-order valence-corrected chi connectivity index (χ1v) is 5.93. The Kier molecular flexibility index (Phi) is 3.95. The number of carbonyl (C=O) groups is 1. The smallest absolute Gasteiger partial charge is 0.339 e. The molecular formula is C14H12ClNO2. The van der Waals surface area contributed by atoms with E-state index >= 15 is 0 Å². The van der Waals surface area contributed by atoms with Gasteiger partial charge in [-0.15, -0.1) is 0 Å². The van der Waals surface area contributed by atoms with Crippen LogP contribution in [0.4, 0.5) is 0 Å². The van der Waals surface area contributed by atoms with Gasteiger partial charge in [-0.05, 0) is 19.1 Å². The van der Waals surface area contributed by atoms with Crippen LogP contribution < -0.4 is 0 Å². The first-order valence-electron chi connectivity index (χ1n) is 5.56. The monoisotopic (exact) mass is 261 g/mol. The molecule has 4 heteroatoms. The van der Waals surface area contributed by atoms with Gasteiger partial charge in [0, 0.05) is 5.39 Å². The molecule has 0 saturated carbocycles. The Morgan fingerprint density at radius 3 is 3.00 bits per heavy atom. The minimum absolute atomic E-state index is 0.254. The second kappa shape index (κ2) is 5.65. The second-order valence-electron chi connectivity index (χ2n) is 3.68. The normalized spacial score (nSPS) is 11.0. The lowest BCUT2D eigenvalue weighted by Gasteiger charge is -2.06. The summed E-state index contributed by atoms with van der Waals surface area (Å²) in [5.74, 6) is -0.395. The summed E-state index contributed by atoms with van der Waals surface area (Å²) in [5, 5.41) is 1.03. The molecule has 0 amide bonds. The fourth-order valence-corrected chi connectivity index (χ4v) is 1.81. The average Bonchev–Trinajstić information content (AvgIpc) is 2.38. The van der Waals surface area contributed by atoms with Crippen LogP contribution in [0.1, 0.15) is 17.3 Å². The lowest BCUT2D eigenvalue weighted by Crippen LogP contribution is -2.06. The quantitative estimate of drug-likeness (QED) is 0.481. The van der Waals surface area contributed by atoms with Gasteiger partial charge in [-0.1, -0.05) is 42.0 Å². The highest BCUT2D eigenvalue weighted by atomic mass is 35.5. The molecule has 2 aromatic rings. The average molecular weight is 262 g/mol. The van der Waals surface area contributed by atoms with Crippen molar-refractivity contribution in [3.8, 4) is 0 Å². The minimum Gasteiger partial charge on any atom is -0.458 e. The summed E-state index contributed by atoms with van der Waals surface area (Å²) < 4.78 is 5.12. The van der Waals surface area contributed by atoms with E-state index < -0.39 is 5.97 Å². The number of hydrogen-bond acceptors (Lipinski definition) is 3. The molecule has 0 fully saturated rings. The largest absolute Gasteiger partial charge is 0.458 e. The number of allylic oxidation sites excluding steroid dienone is 1. The van der Waals surface area contributed by atoms with Crippen molar-refractivity contribution in [1.29, 1.82) is 0 Å². The molecule has 1 aromatic heterocycles. The first-order chi connectivity index (χ1) is 8.72. The zero-order valence-electron chi connectivity index (χ0n) is 9.89. The number of pyridine rings is 1. The zero-order valence-corrected chi connectivity index (χ0v) is 10.6. The Hall–Kier alpha value is -1.87. The molecule has 0 N–H and O–H groups in total. The lowest BCUT2D eigenvalue weighted by molar-refractivity contribution is 0.0551. The van der Waals surface area contributed by atoms with Crippen LogP contribution in [0.5, 0.6) is 0 Å². The molecule has 0 unspecified atom stereocenters. The number of ether oxygens (including phenoxy) is 1. The van der Waals surface area contributed by atoms with Crippen LogP contribution in [0.25, 0.3) is 10.9 Å². The molecule has 0 atom stereocenters. The van der Waals surface area contributed by atoms with Crippen molar-refractivity contribution in [1.82, 2.24) is 4.98 Å². The van der Waals surface area contributed by atoms with Gasteiger partial charge in [0.15, 0.2) is 0 Å². The van der Waals surface area contributed by atoms with Crippen LogP contribution in [0.2, 0.25) is 5.15 Å². The lowest BCUT2D eigenvalue weighted by atomic mass is 10.1. The number of nitrogens with zero attached hydrogens (tertiary/aromatic N) is 1. The van der Waals surface area contributed by atoms with E-state index in [2.05, 4.69) is 4.98 Å². The maximum atomic E-state index is 11.9. The molecule has 0 bridgehead atoms. The summed E-state index contributed by atoms with van der Waals surface area (Å²) in [5.41, 5.74) is 1.12. The number of esters is 1. The van der Waals surface area contributed by atoms with Crippen LogP contribution in [0.15, 0.2) is 42.5 Å². The fraction of sp³-hybridized carbons (Fsp3) is 0.143. The zero-order chi connectivity index (χ0) is 13.0. The Morgan fingerprint density at radius 1 is 1.44 bits per heavy atom. The van der Waals surface area contributed by atoms with Crippen LogP contribution >= 0.6 is 11.6 Å². The summed E-state index contributed by atoms with van der Waals surface area (Å²) >= 11 is 5.90. The number of rotatable bonds is 3. The maximum absolute atomic E-state index is 11.9. The summed E-state index contributed by atoms with van der Waals surface area (Å²) in [6.45, 7) is 2.12. The SMILES string of the molecule is C/C=C/COC(=O)c1cc(Cl)nc2ccccc12. The number of carbonyl (C=O) groups excluding carboxylic acids is 1. The molecule has 0 aliphatic carbocycles. The molecule has 18 heavy (non-hydrogen) atoms. The van der Waals surface area contributed by atoms with Crippen molar-refractivity contribution < 1.29 is 9.53 Å². The van der Waals surface area contributed by atoms with Crippen molar-refractivity contribution in [3.05, 3.63) is 53.2 Å². The highest BCUT2D eigenvalue weighted by Crippen LogP contribution is 2.21. The standard InChI is InChI=1S/C14H12ClNO2/c1-2-3-8-18-14(17)11-9-13(15)16-12-7-5-4-6-10(11)12/h2-7,9H,8H2,1H3/b3-2+. The van der Waals surface area contributed by atoms with E-state index in [4.69, 9.17) is 16.3 Å². The van der Waals surface area contributed by atoms with Crippen molar-refractivity contribution in [2.75, 3.05) is 6.61 Å². The minimum atomic E-state index is -0.395. The third-order valence-corrected chi connectivity index (χ3v) is 2.64. The topological polar surface area (TPSA) is 39.2 Å². The number of fused-ring (bicyclic) bond motifs is 1. The molecule has 0 aliphatic heterocycles. The highest BCUT2D eigenvalue weighted by Gasteiger charge is 2.12. The van der Waals surface area contributed by atoms with Crippen LogP contribution in [0, 0.1) is 0 Å². The van der Waals surface area contributed by atoms with Crippen molar-refractivity contribution in [3.63, 3.8) is 0 Å². The molecule has 1 heterocycles. The van der Waals surface area contributed by atoms with E-state index in [-0.39, 0.29) is 11.8 Å². The summed E-state index contributed by atoms with van der Waals surface area (Å²) in [6, 6.07) is 8.86. The number of benzene rings is 1. The van der Waals surface area contributed by atoms with Crippen LogP contribution in [0.3, 0.4) is 0 Å². The maximum Gasteiger partial charge on any atom is 0.339 e. The molecule has 92 valence electrons. The highest BCUT2D eigenvalue weighted by molar-refractivity contribution is 6.30. The predicted octanol–water partition coefficient (Wildman–Crippen LogP) is 3.62. The number of halogens is 1. The van der Waals surface area contributed by atoms with Crippen molar-refractivity contribution >= 4 is 28.5 Å². The Bertz CT molecular complexity index is 608. The van der Waals surface area contributed by atoms with Crippen molar-refractivity contribution in [2.24, 2.45) is 0 Å². The van der Waals surface area contributed by atoms with Crippen LogP contribution in [-0.4, -0.2) is 17.6 Å². The van der Waals surface area contributed by atoms with Gasteiger partial charge in [0.2, 0.25) is 0 Å². The van der Waals surface area contributed by atoms with Gasteiger partial charge in [-0.2, -0.15) is 0 Å². The molecular weight excluding hydrogens is 250 g/mol. The summed E-state index contributed by atoms with van der Waals surface area (Å²) in [6.07, 6.45) is 3.59. The van der Waals surface area contributed by atoms with Gasteiger partial charge >= 0.3 is 5.97 Å². The fourth-order valence-electron chi connectivity index (χ4n) is 1.61. The van der Waals surface area contributed by atoms with E-state index in [1.807, 2.05) is 37.3 Å². The number of para-hydroxylation sites is 1. The van der Waals surface area contributed by atoms with Gasteiger partial charge < -0.3 is 4.74 Å². The van der Waals surface area contributed by atoms with Crippen LogP contribution in [-0.2, 0) is 4.74 Å². The molecule has 0 radical (unpaired) electrons. The van der Waals surface area contributed by atoms with E-state index in [1.54, 1.807) is 6.08 Å². The Morgan fingerprint density at radius 2 is 2.22 bits per heavy atom. The third-order valence-electron chi connectivity index (χ3n) is 2.45. The number of aromatic nitrogens is 1.